The van der Waals surface area contributed by atoms with Gasteiger partial charge in [-0.2, -0.15) is 0 Å². The molecule has 2 amide bonds. The van der Waals surface area contributed by atoms with Crippen LogP contribution in [-0.4, -0.2) is 29.9 Å². The van der Waals surface area contributed by atoms with Crippen molar-refractivity contribution in [1.29, 1.82) is 0 Å². The zero-order valence-corrected chi connectivity index (χ0v) is 16.8. The topological polar surface area (TPSA) is 58.6 Å². The monoisotopic (exact) mass is 378 g/mol. The average Bonchev–Trinajstić information content (AvgIpc) is 2.91. The Morgan fingerprint density at radius 1 is 0.964 bits per heavy atom. The van der Waals surface area contributed by atoms with Crippen LogP contribution in [0.15, 0.2) is 54.2 Å². The molecule has 0 unspecified atom stereocenters. The molecule has 0 fully saturated rings. The van der Waals surface area contributed by atoms with Gasteiger partial charge in [0.1, 0.15) is 11.4 Å². The van der Waals surface area contributed by atoms with Crippen LogP contribution in [0.5, 0.6) is 5.75 Å². The maximum atomic E-state index is 12.9. The molecular weight excluding hydrogens is 352 g/mol. The Morgan fingerprint density at radius 2 is 1.61 bits per heavy atom. The first-order chi connectivity index (χ1) is 13.4. The van der Waals surface area contributed by atoms with E-state index in [1.54, 1.807) is 6.92 Å². The molecule has 1 heterocycles. The molecule has 1 N–H and O–H groups in total. The largest absolute Gasteiger partial charge is 0.493 e. The van der Waals surface area contributed by atoms with Crippen LogP contribution in [0, 0.1) is 12.8 Å². The predicted molar refractivity (Wildman–Crippen MR) is 111 cm³/mol. The van der Waals surface area contributed by atoms with E-state index >= 15 is 0 Å². The van der Waals surface area contributed by atoms with Crippen molar-refractivity contribution in [1.82, 2.24) is 4.90 Å². The van der Waals surface area contributed by atoms with Crippen molar-refractivity contribution in [2.45, 2.75) is 27.7 Å². The number of nitrogens with one attached hydrogen (secondary N) is 1. The fraction of sp³-hybridized carbons (Fsp3) is 0.304. The first-order valence-corrected chi connectivity index (χ1v) is 9.58. The fourth-order valence-corrected chi connectivity index (χ4v) is 3.01. The van der Waals surface area contributed by atoms with E-state index in [0.717, 1.165) is 17.0 Å². The summed E-state index contributed by atoms with van der Waals surface area (Å²) in [6.45, 7) is 8.93. The molecule has 2 aromatic carbocycles. The van der Waals surface area contributed by atoms with Crippen LogP contribution in [0.3, 0.4) is 0 Å². The van der Waals surface area contributed by atoms with Crippen molar-refractivity contribution in [2.24, 2.45) is 5.92 Å². The van der Waals surface area contributed by atoms with Crippen LogP contribution < -0.4 is 10.1 Å². The smallest absolute Gasteiger partial charge is 0.278 e. The number of carbonyl (C=O) groups excluding carboxylic acids is 2. The van der Waals surface area contributed by atoms with E-state index in [9.17, 15) is 9.59 Å². The lowest BCUT2D eigenvalue weighted by molar-refractivity contribution is -0.136. The summed E-state index contributed by atoms with van der Waals surface area (Å²) < 4.78 is 5.72. The average molecular weight is 378 g/mol. The normalized spacial score (nSPS) is 14.2. The summed E-state index contributed by atoms with van der Waals surface area (Å²) >= 11 is 0. The van der Waals surface area contributed by atoms with Gasteiger partial charge in [-0.15, -0.1) is 0 Å². The third-order valence-corrected chi connectivity index (χ3v) is 4.53. The summed E-state index contributed by atoms with van der Waals surface area (Å²) in [5, 5.41) is 3.15. The first-order valence-electron chi connectivity index (χ1n) is 9.58. The highest BCUT2D eigenvalue weighted by molar-refractivity contribution is 6.36. The van der Waals surface area contributed by atoms with Crippen molar-refractivity contribution in [3.63, 3.8) is 0 Å². The summed E-state index contributed by atoms with van der Waals surface area (Å²) in [6, 6.07) is 15.0. The van der Waals surface area contributed by atoms with E-state index in [4.69, 9.17) is 4.74 Å². The minimum Gasteiger partial charge on any atom is -0.493 e. The molecule has 1 aliphatic heterocycles. The predicted octanol–water partition coefficient (Wildman–Crippen LogP) is 4.24. The maximum Gasteiger partial charge on any atom is 0.278 e. The van der Waals surface area contributed by atoms with Gasteiger partial charge >= 0.3 is 0 Å². The lowest BCUT2D eigenvalue weighted by atomic mass is 10.0. The summed E-state index contributed by atoms with van der Waals surface area (Å²) in [4.78, 5) is 26.9. The van der Waals surface area contributed by atoms with E-state index in [-0.39, 0.29) is 11.8 Å². The van der Waals surface area contributed by atoms with Gasteiger partial charge in [0.25, 0.3) is 11.8 Å². The van der Waals surface area contributed by atoms with Crippen molar-refractivity contribution < 1.29 is 14.3 Å². The molecule has 0 saturated heterocycles. The molecule has 0 atom stereocenters. The Morgan fingerprint density at radius 3 is 2.18 bits per heavy atom. The van der Waals surface area contributed by atoms with E-state index < -0.39 is 0 Å². The molecule has 0 saturated carbocycles. The second-order valence-electron chi connectivity index (χ2n) is 7.32. The zero-order valence-electron chi connectivity index (χ0n) is 16.8. The third-order valence-electron chi connectivity index (χ3n) is 4.53. The number of nitrogens with zero attached hydrogens (tertiary/aromatic N) is 1. The minimum absolute atomic E-state index is 0.280. The minimum atomic E-state index is -0.303. The first kappa shape index (κ1) is 19.7. The standard InChI is InChI=1S/C23H26N2O3/c1-5-25-22(26)20(17-8-12-19(13-9-17)28-14-15(2)3)21(23(25)27)24-18-10-6-16(4)7-11-18/h6-13,15,24H,5,14H2,1-4H3. The highest BCUT2D eigenvalue weighted by atomic mass is 16.5. The Balaban J connectivity index is 1.94. The van der Waals surface area contributed by atoms with Crippen LogP contribution in [0.25, 0.3) is 5.57 Å². The van der Waals surface area contributed by atoms with Crippen molar-refractivity contribution in [3.05, 3.63) is 65.4 Å². The lowest BCUT2D eigenvalue weighted by Crippen LogP contribution is -2.32. The van der Waals surface area contributed by atoms with Gasteiger partial charge < -0.3 is 10.1 Å². The van der Waals surface area contributed by atoms with Gasteiger partial charge in [-0.25, -0.2) is 0 Å². The molecule has 146 valence electrons. The van der Waals surface area contributed by atoms with Gasteiger partial charge in [0.05, 0.1) is 12.2 Å². The van der Waals surface area contributed by atoms with Crippen molar-refractivity contribution >= 4 is 23.1 Å². The highest BCUT2D eigenvalue weighted by Gasteiger charge is 2.38. The number of imide groups is 1. The number of ether oxygens (including phenoxy) is 1. The number of benzene rings is 2. The molecule has 0 radical (unpaired) electrons. The maximum absolute atomic E-state index is 12.9. The van der Waals surface area contributed by atoms with Gasteiger partial charge in [-0.3, -0.25) is 14.5 Å². The molecule has 0 spiro atoms. The Labute approximate surface area is 166 Å². The number of aryl methyl sites for hydroxylation is 1. The second-order valence-corrected chi connectivity index (χ2v) is 7.32. The molecule has 2 aromatic rings. The fourth-order valence-electron chi connectivity index (χ4n) is 3.01. The van der Waals surface area contributed by atoms with Crippen molar-refractivity contribution in [2.75, 3.05) is 18.5 Å². The number of hydrogen-bond donors (Lipinski definition) is 1. The molecule has 3 rings (SSSR count). The number of rotatable bonds is 7. The molecule has 5 heteroatoms. The molecule has 28 heavy (non-hydrogen) atoms. The van der Waals surface area contributed by atoms with Gasteiger partial charge in [0.15, 0.2) is 0 Å². The number of amides is 2. The Hall–Kier alpha value is -3.08. The Kier molecular flexibility index (Phi) is 5.83. The van der Waals surface area contributed by atoms with Crippen LogP contribution in [0.1, 0.15) is 31.9 Å². The second kappa shape index (κ2) is 8.30. The van der Waals surface area contributed by atoms with Gasteiger partial charge in [-0.05, 0) is 49.6 Å². The van der Waals surface area contributed by atoms with Gasteiger partial charge in [0, 0.05) is 12.2 Å². The van der Waals surface area contributed by atoms with Crippen LogP contribution in [0.2, 0.25) is 0 Å². The lowest BCUT2D eigenvalue weighted by Gasteiger charge is -2.12. The van der Waals surface area contributed by atoms with E-state index in [0.29, 0.717) is 35.9 Å². The molecule has 1 aliphatic rings. The summed E-state index contributed by atoms with van der Waals surface area (Å²) in [5.74, 6) is 0.594. The highest BCUT2D eigenvalue weighted by Crippen LogP contribution is 2.31. The SMILES string of the molecule is CCN1C(=O)C(Nc2ccc(C)cc2)=C(c2ccc(OCC(C)C)cc2)C1=O. The molecule has 5 nitrogen and oxygen atoms in total. The number of hydrogen-bond acceptors (Lipinski definition) is 4. The zero-order chi connectivity index (χ0) is 20.3. The Bertz CT molecular complexity index is 896. The van der Waals surface area contributed by atoms with Crippen molar-refractivity contribution in [3.8, 4) is 5.75 Å². The summed E-state index contributed by atoms with van der Waals surface area (Å²) in [7, 11) is 0. The number of carbonyl (C=O) groups is 2. The van der Waals surface area contributed by atoms with Gasteiger partial charge in [-0.1, -0.05) is 43.7 Å². The molecule has 0 bridgehead atoms. The number of anilines is 1. The third kappa shape index (κ3) is 4.09. The van der Waals surface area contributed by atoms with Crippen LogP contribution >= 0.6 is 0 Å². The number of likely N-dealkylation sites (N-methyl/N-ethyl adjacent to an activating group) is 1. The van der Waals surface area contributed by atoms with Gasteiger partial charge in [0.2, 0.25) is 0 Å². The van der Waals surface area contributed by atoms with E-state index in [2.05, 4.69) is 19.2 Å². The summed E-state index contributed by atoms with van der Waals surface area (Å²) in [5.41, 5.74) is 3.30. The molecule has 0 aromatic heterocycles. The van der Waals surface area contributed by atoms with E-state index in [1.807, 2.05) is 55.5 Å². The van der Waals surface area contributed by atoms with E-state index in [1.165, 1.54) is 4.90 Å². The molecule has 0 aliphatic carbocycles. The summed E-state index contributed by atoms with van der Waals surface area (Å²) in [6.07, 6.45) is 0. The molecular formula is C23H26N2O3. The van der Waals surface area contributed by atoms with Crippen LogP contribution in [0.4, 0.5) is 5.69 Å². The quantitative estimate of drug-likeness (QED) is 0.732. The van der Waals surface area contributed by atoms with Crippen LogP contribution in [-0.2, 0) is 9.59 Å².